The second-order valence-electron chi connectivity index (χ2n) is 4.78. The molecule has 0 aliphatic carbocycles. The summed E-state index contributed by atoms with van der Waals surface area (Å²) in [6.45, 7) is 4.71. The van der Waals surface area contributed by atoms with Crippen LogP contribution in [0.2, 0.25) is 0 Å². The first kappa shape index (κ1) is 12.7. The minimum Gasteiger partial charge on any atom is -0.508 e. The van der Waals surface area contributed by atoms with Crippen molar-refractivity contribution in [2.75, 3.05) is 13.2 Å². The lowest BCUT2D eigenvalue weighted by molar-refractivity contribution is -0.120. The molecule has 5 heteroatoms. The van der Waals surface area contributed by atoms with Crippen molar-refractivity contribution >= 4 is 5.91 Å². The van der Waals surface area contributed by atoms with E-state index in [1.807, 2.05) is 24.8 Å². The molecule has 1 aliphatic rings. The number of nitrogens with two attached hydrogens (primary N) is 1. The van der Waals surface area contributed by atoms with Crippen molar-refractivity contribution in [1.29, 1.82) is 0 Å². The number of phenols is 1. The van der Waals surface area contributed by atoms with Crippen LogP contribution in [0.15, 0.2) is 18.2 Å². The summed E-state index contributed by atoms with van der Waals surface area (Å²) in [5.74, 6) is 0.506. The fraction of sp³-hybridized carbons (Fsp3) is 0.462. The Hall–Kier alpha value is -1.75. The van der Waals surface area contributed by atoms with Gasteiger partial charge in [-0.25, -0.2) is 0 Å². The second-order valence-corrected chi connectivity index (χ2v) is 4.78. The van der Waals surface area contributed by atoms with Crippen LogP contribution in [-0.2, 0) is 4.79 Å². The van der Waals surface area contributed by atoms with E-state index in [2.05, 4.69) is 0 Å². The molecule has 1 amide bonds. The zero-order valence-corrected chi connectivity index (χ0v) is 10.6. The number of carbonyl (C=O) groups is 1. The van der Waals surface area contributed by atoms with E-state index in [9.17, 15) is 9.90 Å². The Bertz CT molecular complexity index is 460. The third-order valence-electron chi connectivity index (χ3n) is 3.15. The van der Waals surface area contributed by atoms with E-state index in [-0.39, 0.29) is 30.3 Å². The molecule has 0 bridgehead atoms. The minimum atomic E-state index is -0.351. The molecule has 3 N–H and O–H groups in total. The maximum Gasteiger partial charge on any atom is 0.231 e. The fourth-order valence-electron chi connectivity index (χ4n) is 2.29. The topological polar surface area (TPSA) is 75.8 Å². The molecule has 0 aromatic heterocycles. The van der Waals surface area contributed by atoms with Gasteiger partial charge in [-0.3, -0.25) is 9.69 Å². The molecule has 0 saturated heterocycles. The molecule has 0 radical (unpaired) electrons. The van der Waals surface area contributed by atoms with Crippen molar-refractivity contribution < 1.29 is 14.6 Å². The van der Waals surface area contributed by atoms with Gasteiger partial charge in [0.1, 0.15) is 18.1 Å². The van der Waals surface area contributed by atoms with Gasteiger partial charge in [-0.1, -0.05) is 0 Å². The number of fused-ring (bicyclic) bond motifs is 1. The van der Waals surface area contributed by atoms with Crippen LogP contribution in [0.1, 0.15) is 25.5 Å². The quantitative estimate of drug-likeness (QED) is 0.836. The van der Waals surface area contributed by atoms with Gasteiger partial charge in [-0.15, -0.1) is 0 Å². The summed E-state index contributed by atoms with van der Waals surface area (Å²) in [5, 5.41) is 9.41. The summed E-state index contributed by atoms with van der Waals surface area (Å²) in [6, 6.07) is 5.25. The van der Waals surface area contributed by atoms with Crippen LogP contribution in [0.4, 0.5) is 0 Å². The highest BCUT2D eigenvalue weighted by Crippen LogP contribution is 2.38. The highest BCUT2D eigenvalue weighted by molar-refractivity contribution is 5.76. The van der Waals surface area contributed by atoms with E-state index in [4.69, 9.17) is 10.5 Å². The van der Waals surface area contributed by atoms with E-state index >= 15 is 0 Å². The average Bonchev–Trinajstić information content (AvgIpc) is 2.67. The Morgan fingerprint density at radius 3 is 2.94 bits per heavy atom. The van der Waals surface area contributed by atoms with E-state index in [1.165, 1.54) is 0 Å². The normalized spacial score (nSPS) is 17.9. The first-order valence-electron chi connectivity index (χ1n) is 5.99. The van der Waals surface area contributed by atoms with Crippen LogP contribution in [0.5, 0.6) is 11.5 Å². The number of phenolic OH excluding ortho intramolecular Hbond substituents is 1. The molecule has 18 heavy (non-hydrogen) atoms. The average molecular weight is 250 g/mol. The molecule has 98 valence electrons. The number of hydrogen-bond acceptors (Lipinski definition) is 4. The van der Waals surface area contributed by atoms with Gasteiger partial charge in [0.2, 0.25) is 5.91 Å². The van der Waals surface area contributed by atoms with Crippen molar-refractivity contribution in [3.8, 4) is 11.5 Å². The predicted octanol–water partition coefficient (Wildman–Crippen LogP) is 1.02. The Labute approximate surface area is 106 Å². The van der Waals surface area contributed by atoms with E-state index in [0.29, 0.717) is 12.4 Å². The third kappa shape index (κ3) is 2.41. The predicted molar refractivity (Wildman–Crippen MR) is 67.4 cm³/mol. The Balaban J connectivity index is 2.27. The Morgan fingerprint density at radius 1 is 1.61 bits per heavy atom. The molecule has 1 atom stereocenters. The largest absolute Gasteiger partial charge is 0.508 e. The van der Waals surface area contributed by atoms with Gasteiger partial charge in [-0.05, 0) is 26.0 Å². The molecule has 0 spiro atoms. The molecular formula is C13H18N2O3. The molecule has 2 rings (SSSR count). The van der Waals surface area contributed by atoms with Crippen LogP contribution in [0, 0.1) is 0 Å². The number of amides is 1. The van der Waals surface area contributed by atoms with E-state index in [1.54, 1.807) is 12.1 Å². The highest BCUT2D eigenvalue weighted by Gasteiger charge is 2.31. The van der Waals surface area contributed by atoms with Gasteiger partial charge in [0.05, 0.1) is 12.6 Å². The van der Waals surface area contributed by atoms with E-state index < -0.39 is 0 Å². The SMILES string of the molecule is CC(C)N(CC(N)=O)C1COc2cc(O)ccc21. The van der Waals surface area contributed by atoms with Gasteiger partial charge in [0.25, 0.3) is 0 Å². The lowest BCUT2D eigenvalue weighted by Crippen LogP contribution is -2.41. The molecule has 1 aliphatic heterocycles. The third-order valence-corrected chi connectivity index (χ3v) is 3.15. The molecule has 0 saturated carbocycles. The summed E-state index contributed by atoms with van der Waals surface area (Å²) in [5.41, 5.74) is 6.27. The Kier molecular flexibility index (Phi) is 3.43. The first-order valence-corrected chi connectivity index (χ1v) is 5.99. The smallest absolute Gasteiger partial charge is 0.231 e. The number of benzene rings is 1. The van der Waals surface area contributed by atoms with Gasteiger partial charge in [0.15, 0.2) is 0 Å². The lowest BCUT2D eigenvalue weighted by atomic mass is 10.1. The minimum absolute atomic E-state index is 0.00750. The van der Waals surface area contributed by atoms with E-state index in [0.717, 1.165) is 5.56 Å². The maximum absolute atomic E-state index is 11.1. The van der Waals surface area contributed by atoms with Gasteiger partial charge < -0.3 is 15.6 Å². The Morgan fingerprint density at radius 2 is 2.33 bits per heavy atom. The molecule has 1 unspecified atom stereocenters. The number of ether oxygens (including phenoxy) is 1. The molecule has 0 fully saturated rings. The molecule has 1 aromatic rings. The summed E-state index contributed by atoms with van der Waals surface area (Å²) in [6.07, 6.45) is 0. The number of hydrogen-bond donors (Lipinski definition) is 2. The summed E-state index contributed by atoms with van der Waals surface area (Å²) >= 11 is 0. The first-order chi connectivity index (χ1) is 8.49. The lowest BCUT2D eigenvalue weighted by Gasteiger charge is -2.30. The maximum atomic E-state index is 11.1. The molecule has 1 heterocycles. The summed E-state index contributed by atoms with van der Waals surface area (Å²) in [7, 11) is 0. The van der Waals surface area contributed by atoms with Crippen molar-refractivity contribution in [1.82, 2.24) is 4.90 Å². The number of carbonyl (C=O) groups excluding carboxylic acids is 1. The van der Waals surface area contributed by atoms with Crippen LogP contribution in [0.25, 0.3) is 0 Å². The van der Waals surface area contributed by atoms with Crippen molar-refractivity contribution in [2.24, 2.45) is 5.73 Å². The van der Waals surface area contributed by atoms with Gasteiger partial charge >= 0.3 is 0 Å². The summed E-state index contributed by atoms with van der Waals surface area (Å²) in [4.78, 5) is 13.1. The van der Waals surface area contributed by atoms with Crippen LogP contribution < -0.4 is 10.5 Å². The molecule has 5 nitrogen and oxygen atoms in total. The molecular weight excluding hydrogens is 232 g/mol. The highest BCUT2D eigenvalue weighted by atomic mass is 16.5. The molecule has 1 aromatic carbocycles. The second kappa shape index (κ2) is 4.86. The zero-order valence-electron chi connectivity index (χ0n) is 10.6. The summed E-state index contributed by atoms with van der Waals surface area (Å²) < 4.78 is 5.55. The van der Waals surface area contributed by atoms with Crippen molar-refractivity contribution in [3.05, 3.63) is 23.8 Å². The number of rotatable bonds is 4. The van der Waals surface area contributed by atoms with Crippen molar-refractivity contribution in [2.45, 2.75) is 25.9 Å². The number of nitrogens with zero attached hydrogens (tertiary/aromatic N) is 1. The van der Waals surface area contributed by atoms with Crippen LogP contribution in [-0.4, -0.2) is 35.1 Å². The van der Waals surface area contributed by atoms with Gasteiger partial charge in [-0.2, -0.15) is 0 Å². The van der Waals surface area contributed by atoms with Crippen LogP contribution >= 0.6 is 0 Å². The monoisotopic (exact) mass is 250 g/mol. The zero-order chi connectivity index (χ0) is 13.3. The van der Waals surface area contributed by atoms with Gasteiger partial charge in [0, 0.05) is 17.7 Å². The van der Waals surface area contributed by atoms with Crippen LogP contribution in [0.3, 0.4) is 0 Å². The number of primary amides is 1. The standard InChI is InChI=1S/C13H18N2O3/c1-8(2)15(6-13(14)17)11-7-18-12-5-9(16)3-4-10(11)12/h3-5,8,11,16H,6-7H2,1-2H3,(H2,14,17). The fourth-order valence-corrected chi connectivity index (χ4v) is 2.29. The number of aromatic hydroxyl groups is 1. The van der Waals surface area contributed by atoms with Crippen molar-refractivity contribution in [3.63, 3.8) is 0 Å².